The molecule has 1 unspecified atom stereocenters. The lowest BCUT2D eigenvalue weighted by Gasteiger charge is -2.25. The first-order valence-electron chi connectivity index (χ1n) is 9.02. The summed E-state index contributed by atoms with van der Waals surface area (Å²) in [5.41, 5.74) is 14.8. The molecule has 2 aromatic rings. The maximum Gasteiger partial charge on any atom is 0.322 e. The molecule has 2 aromatic carbocycles. The Labute approximate surface area is 153 Å². The average Bonchev–Trinajstić information content (AvgIpc) is 3.35. The summed E-state index contributed by atoms with van der Waals surface area (Å²) in [6.45, 7) is 0.808. The molecule has 136 valence electrons. The fraction of sp³-hybridized carbons (Fsp3) is 0.316. The lowest BCUT2D eigenvalue weighted by molar-refractivity contribution is 0.206. The highest BCUT2D eigenvalue weighted by atomic mass is 16.2. The Balaban J connectivity index is 1.41. The van der Waals surface area contributed by atoms with Crippen molar-refractivity contribution < 1.29 is 4.79 Å². The summed E-state index contributed by atoms with van der Waals surface area (Å²) in [7, 11) is 0. The number of carbonyl (C=O) groups is 1. The van der Waals surface area contributed by atoms with E-state index in [-0.39, 0.29) is 18.2 Å². The molecular weight excluding hydrogens is 328 g/mol. The molecule has 0 aliphatic carbocycles. The molecule has 5 N–H and O–H groups in total. The number of hydrogen-bond donors (Lipinski definition) is 5. The van der Waals surface area contributed by atoms with E-state index in [2.05, 4.69) is 51.5 Å². The maximum atomic E-state index is 12.8. The van der Waals surface area contributed by atoms with Crippen LogP contribution in [0.15, 0.2) is 54.6 Å². The number of rotatable bonds is 4. The van der Waals surface area contributed by atoms with Crippen LogP contribution in [0.5, 0.6) is 0 Å². The molecule has 0 aromatic heterocycles. The molecule has 0 radical (unpaired) electrons. The summed E-state index contributed by atoms with van der Waals surface area (Å²) in [5.74, 6) is 0. The molecule has 4 rings (SSSR count). The Morgan fingerprint density at radius 3 is 2.69 bits per heavy atom. The summed E-state index contributed by atoms with van der Waals surface area (Å²) in [4.78, 5) is 14.8. The Kier molecular flexibility index (Phi) is 5.12. The zero-order chi connectivity index (χ0) is 17.8. The second-order valence-corrected chi connectivity index (χ2v) is 6.71. The molecule has 26 heavy (non-hydrogen) atoms. The number of anilines is 1. The number of amides is 2. The fourth-order valence-corrected chi connectivity index (χ4v) is 3.61. The predicted molar refractivity (Wildman–Crippen MR) is 101 cm³/mol. The van der Waals surface area contributed by atoms with E-state index in [4.69, 9.17) is 0 Å². The summed E-state index contributed by atoms with van der Waals surface area (Å²) >= 11 is 0. The van der Waals surface area contributed by atoms with Crippen LogP contribution in [0.2, 0.25) is 0 Å². The van der Waals surface area contributed by atoms with Crippen LogP contribution in [0.25, 0.3) is 0 Å². The van der Waals surface area contributed by atoms with Crippen molar-refractivity contribution in [1.82, 2.24) is 26.8 Å². The minimum atomic E-state index is -0.0514. The van der Waals surface area contributed by atoms with Crippen molar-refractivity contribution in [3.8, 4) is 0 Å². The van der Waals surface area contributed by atoms with E-state index in [0.29, 0.717) is 0 Å². The van der Waals surface area contributed by atoms with Crippen molar-refractivity contribution in [2.24, 2.45) is 0 Å². The molecule has 2 heterocycles. The van der Waals surface area contributed by atoms with Gasteiger partial charge in [0.15, 0.2) is 0 Å². The number of hydrogen-bond acceptors (Lipinski definition) is 5. The van der Waals surface area contributed by atoms with Gasteiger partial charge in [-0.2, -0.15) is 11.1 Å². The van der Waals surface area contributed by atoms with Gasteiger partial charge in [-0.05, 0) is 42.5 Å². The van der Waals surface area contributed by atoms with Crippen molar-refractivity contribution in [3.63, 3.8) is 0 Å². The standard InChI is InChI=1S/C19H24N6O/c26-19(20-16-9-4-8-15(13-16)18-21-23-24-22-18)25-11-5-10-17(25)12-14-6-2-1-3-7-14/h1-4,6-9,13,17-18,21-24H,5,10-12H2,(H,20,26). The quantitative estimate of drug-likeness (QED) is 0.582. The third kappa shape index (κ3) is 3.86. The highest BCUT2D eigenvalue weighted by molar-refractivity contribution is 5.89. The van der Waals surface area contributed by atoms with E-state index in [1.54, 1.807) is 0 Å². The normalized spacial score (nSPS) is 20.5. The van der Waals surface area contributed by atoms with E-state index >= 15 is 0 Å². The van der Waals surface area contributed by atoms with Crippen molar-refractivity contribution in [1.29, 1.82) is 0 Å². The second-order valence-electron chi connectivity index (χ2n) is 6.71. The third-order valence-corrected chi connectivity index (χ3v) is 4.92. The third-order valence-electron chi connectivity index (χ3n) is 4.92. The van der Waals surface area contributed by atoms with Crippen LogP contribution >= 0.6 is 0 Å². The van der Waals surface area contributed by atoms with Crippen LogP contribution in [-0.2, 0) is 6.42 Å². The van der Waals surface area contributed by atoms with E-state index in [0.717, 1.165) is 37.1 Å². The first-order valence-corrected chi connectivity index (χ1v) is 9.02. The summed E-state index contributed by atoms with van der Waals surface area (Å²) in [6.07, 6.45) is 2.96. The van der Waals surface area contributed by atoms with Gasteiger partial charge in [0, 0.05) is 18.3 Å². The van der Waals surface area contributed by atoms with Crippen LogP contribution < -0.4 is 27.2 Å². The molecule has 0 spiro atoms. The van der Waals surface area contributed by atoms with E-state index in [1.807, 2.05) is 35.2 Å². The summed E-state index contributed by atoms with van der Waals surface area (Å²) < 4.78 is 0. The largest absolute Gasteiger partial charge is 0.322 e. The van der Waals surface area contributed by atoms with Crippen LogP contribution in [-0.4, -0.2) is 23.5 Å². The first-order chi connectivity index (χ1) is 12.8. The molecule has 2 aliphatic heterocycles. The molecule has 2 aliphatic rings. The number of carbonyl (C=O) groups excluding carboxylic acids is 1. The lowest BCUT2D eigenvalue weighted by Crippen LogP contribution is -2.39. The lowest BCUT2D eigenvalue weighted by atomic mass is 10.0. The highest BCUT2D eigenvalue weighted by Crippen LogP contribution is 2.23. The average molecular weight is 352 g/mol. The number of hydrazine groups is 3. The Morgan fingerprint density at radius 2 is 1.88 bits per heavy atom. The topological polar surface area (TPSA) is 80.5 Å². The number of urea groups is 1. The van der Waals surface area contributed by atoms with Gasteiger partial charge in [-0.15, -0.1) is 0 Å². The minimum Gasteiger partial charge on any atom is -0.321 e. The monoisotopic (exact) mass is 352 g/mol. The van der Waals surface area contributed by atoms with Crippen LogP contribution in [0, 0.1) is 0 Å². The molecular formula is C19H24N6O. The van der Waals surface area contributed by atoms with Crippen molar-refractivity contribution in [2.75, 3.05) is 11.9 Å². The molecule has 0 saturated carbocycles. The number of likely N-dealkylation sites (tertiary alicyclic amines) is 1. The zero-order valence-electron chi connectivity index (χ0n) is 14.5. The zero-order valence-corrected chi connectivity index (χ0v) is 14.5. The van der Waals surface area contributed by atoms with Gasteiger partial charge in [0.2, 0.25) is 0 Å². The van der Waals surface area contributed by atoms with Gasteiger partial charge in [-0.3, -0.25) is 0 Å². The van der Waals surface area contributed by atoms with Gasteiger partial charge in [0.1, 0.15) is 6.17 Å². The van der Waals surface area contributed by atoms with Crippen LogP contribution in [0.1, 0.15) is 30.1 Å². The van der Waals surface area contributed by atoms with E-state index < -0.39 is 0 Å². The predicted octanol–water partition coefficient (Wildman–Crippen LogP) is 2.04. The smallest absolute Gasteiger partial charge is 0.321 e. The molecule has 2 amide bonds. The minimum absolute atomic E-state index is 0.0239. The van der Waals surface area contributed by atoms with Crippen molar-refractivity contribution >= 4 is 11.7 Å². The molecule has 2 fully saturated rings. The molecule has 7 heteroatoms. The van der Waals surface area contributed by atoms with Gasteiger partial charge in [-0.1, -0.05) is 42.5 Å². The Bertz CT molecular complexity index is 747. The maximum absolute atomic E-state index is 12.8. The second kappa shape index (κ2) is 7.84. The number of benzene rings is 2. The van der Waals surface area contributed by atoms with Gasteiger partial charge < -0.3 is 10.2 Å². The SMILES string of the molecule is O=C(Nc1cccc(C2NNNN2)c1)N1CCCC1Cc1ccccc1. The molecule has 7 nitrogen and oxygen atoms in total. The van der Waals surface area contributed by atoms with Gasteiger partial charge in [0.25, 0.3) is 0 Å². The van der Waals surface area contributed by atoms with Gasteiger partial charge in [0.05, 0.1) is 0 Å². The molecule has 2 saturated heterocycles. The first kappa shape index (κ1) is 17.0. The fourth-order valence-electron chi connectivity index (χ4n) is 3.61. The van der Waals surface area contributed by atoms with Gasteiger partial charge >= 0.3 is 6.03 Å². The van der Waals surface area contributed by atoms with Crippen LogP contribution in [0.3, 0.4) is 0 Å². The molecule has 1 atom stereocenters. The molecule has 0 bridgehead atoms. The van der Waals surface area contributed by atoms with Gasteiger partial charge in [-0.25, -0.2) is 15.6 Å². The Morgan fingerprint density at radius 1 is 1.08 bits per heavy atom. The van der Waals surface area contributed by atoms with Crippen molar-refractivity contribution in [2.45, 2.75) is 31.5 Å². The van der Waals surface area contributed by atoms with E-state index in [9.17, 15) is 4.79 Å². The number of nitrogens with zero attached hydrogens (tertiary/aromatic N) is 1. The Hall–Kier alpha value is -2.45. The number of nitrogens with one attached hydrogen (secondary N) is 5. The summed E-state index contributed by atoms with van der Waals surface area (Å²) in [6, 6.07) is 18.4. The van der Waals surface area contributed by atoms with E-state index in [1.165, 1.54) is 5.56 Å². The van der Waals surface area contributed by atoms with Crippen molar-refractivity contribution in [3.05, 3.63) is 65.7 Å². The summed E-state index contributed by atoms with van der Waals surface area (Å²) in [5, 5.41) is 3.05. The highest BCUT2D eigenvalue weighted by Gasteiger charge is 2.29. The van der Waals surface area contributed by atoms with Crippen LogP contribution in [0.4, 0.5) is 10.5 Å².